The normalized spacial score (nSPS) is 13.2. The number of fused-ring (bicyclic) bond motifs is 1. The molecule has 1 fully saturated rings. The molecular formula is C26H20BrFN4O. The number of rotatable bonds is 5. The number of hydrogen-bond acceptors (Lipinski definition) is 3. The molecule has 0 radical (unpaired) electrons. The maximum Gasteiger partial charge on any atom is 0.256 e. The summed E-state index contributed by atoms with van der Waals surface area (Å²) in [4.78, 5) is 18.6. The molecular weight excluding hydrogens is 483 g/mol. The second-order valence-corrected chi connectivity index (χ2v) is 9.03. The Bertz CT molecular complexity index is 1420. The molecule has 1 heterocycles. The van der Waals surface area contributed by atoms with Gasteiger partial charge >= 0.3 is 0 Å². The quantitative estimate of drug-likeness (QED) is 0.223. The molecule has 0 spiro atoms. The zero-order valence-electron chi connectivity index (χ0n) is 17.5. The van der Waals surface area contributed by atoms with Gasteiger partial charge in [0.05, 0.1) is 22.5 Å². The fraction of sp³-hybridized carbons (Fsp3) is 0.115. The zero-order valence-corrected chi connectivity index (χ0v) is 19.1. The molecule has 4 N–H and O–H groups in total. The van der Waals surface area contributed by atoms with Crippen LogP contribution in [0, 0.1) is 11.2 Å². The molecule has 4 aromatic rings. The maximum atomic E-state index is 14.7. The molecule has 1 aliphatic rings. The Labute approximate surface area is 198 Å². The lowest BCUT2D eigenvalue weighted by molar-refractivity contribution is 0.102. The number of amidine groups is 1. The minimum absolute atomic E-state index is 0.0352. The third-order valence-corrected chi connectivity index (χ3v) is 6.27. The van der Waals surface area contributed by atoms with Gasteiger partial charge in [-0.1, -0.05) is 46.3 Å². The van der Waals surface area contributed by atoms with Gasteiger partial charge in [-0.2, -0.15) is 0 Å². The molecule has 164 valence electrons. The van der Waals surface area contributed by atoms with Gasteiger partial charge in [0.2, 0.25) is 0 Å². The summed E-state index contributed by atoms with van der Waals surface area (Å²) in [6.07, 6.45) is 1.95. The molecule has 1 aliphatic carbocycles. The van der Waals surface area contributed by atoms with E-state index in [1.54, 1.807) is 0 Å². The van der Waals surface area contributed by atoms with E-state index in [4.69, 9.17) is 16.1 Å². The van der Waals surface area contributed by atoms with Crippen molar-refractivity contribution in [2.75, 3.05) is 5.32 Å². The van der Waals surface area contributed by atoms with Crippen LogP contribution in [0.25, 0.3) is 22.2 Å². The second kappa shape index (κ2) is 8.41. The highest BCUT2D eigenvalue weighted by molar-refractivity contribution is 9.10. The van der Waals surface area contributed by atoms with E-state index in [2.05, 4.69) is 21.2 Å². The molecule has 7 heteroatoms. The molecule has 5 rings (SSSR count). The van der Waals surface area contributed by atoms with Crippen LogP contribution in [0.15, 0.2) is 71.2 Å². The number of nitrogens with zero attached hydrogens (tertiary/aromatic N) is 1. The highest BCUT2D eigenvalue weighted by Crippen LogP contribution is 2.47. The van der Waals surface area contributed by atoms with Crippen molar-refractivity contribution in [3.05, 3.63) is 93.7 Å². The van der Waals surface area contributed by atoms with Crippen molar-refractivity contribution < 1.29 is 9.18 Å². The lowest BCUT2D eigenvalue weighted by atomic mass is 9.93. The minimum Gasteiger partial charge on any atom is -0.384 e. The Kier molecular flexibility index (Phi) is 5.42. The Balaban J connectivity index is 1.69. The van der Waals surface area contributed by atoms with Crippen LogP contribution < -0.4 is 11.1 Å². The van der Waals surface area contributed by atoms with E-state index in [-0.39, 0.29) is 23.0 Å². The highest BCUT2D eigenvalue weighted by atomic mass is 79.9. The summed E-state index contributed by atoms with van der Waals surface area (Å²) in [6.45, 7) is 0. The summed E-state index contributed by atoms with van der Waals surface area (Å²) in [5.74, 6) is -1.05. The molecule has 5 nitrogen and oxygen atoms in total. The number of benzene rings is 3. The topological polar surface area (TPSA) is 91.9 Å². The molecule has 33 heavy (non-hydrogen) atoms. The van der Waals surface area contributed by atoms with E-state index >= 15 is 0 Å². The molecule has 1 saturated carbocycles. The predicted molar refractivity (Wildman–Crippen MR) is 132 cm³/mol. The van der Waals surface area contributed by atoms with Crippen molar-refractivity contribution in [2.24, 2.45) is 5.73 Å². The molecule has 0 bridgehead atoms. The van der Waals surface area contributed by atoms with Crippen molar-refractivity contribution in [1.82, 2.24) is 4.98 Å². The monoisotopic (exact) mass is 502 g/mol. The van der Waals surface area contributed by atoms with Gasteiger partial charge in [-0.15, -0.1) is 0 Å². The number of hydrogen-bond donors (Lipinski definition) is 3. The third-order valence-electron chi connectivity index (χ3n) is 5.77. The van der Waals surface area contributed by atoms with Crippen LogP contribution in [0.1, 0.15) is 40.2 Å². The SMILES string of the molecule is N=C(N)c1ccc(NC(=O)c2c(C3CC3)c(-c3ccccc3)nc3ccc(Br)cc23)c(F)c1. The van der Waals surface area contributed by atoms with Gasteiger partial charge in [0.1, 0.15) is 11.7 Å². The van der Waals surface area contributed by atoms with Gasteiger partial charge in [-0.25, -0.2) is 9.37 Å². The van der Waals surface area contributed by atoms with Gasteiger partial charge in [0.15, 0.2) is 0 Å². The number of halogens is 2. The summed E-state index contributed by atoms with van der Waals surface area (Å²) in [5.41, 5.74) is 9.57. The van der Waals surface area contributed by atoms with Crippen LogP contribution in [0.4, 0.5) is 10.1 Å². The van der Waals surface area contributed by atoms with Crippen LogP contribution in [0.3, 0.4) is 0 Å². The van der Waals surface area contributed by atoms with Gasteiger partial charge in [0.25, 0.3) is 5.91 Å². The summed E-state index contributed by atoms with van der Waals surface area (Å²) >= 11 is 3.50. The Morgan fingerprint density at radius 3 is 2.52 bits per heavy atom. The van der Waals surface area contributed by atoms with Crippen LogP contribution >= 0.6 is 15.9 Å². The van der Waals surface area contributed by atoms with Crippen molar-refractivity contribution in [2.45, 2.75) is 18.8 Å². The van der Waals surface area contributed by atoms with Crippen LogP contribution in [0.5, 0.6) is 0 Å². The maximum absolute atomic E-state index is 14.7. The first-order chi connectivity index (χ1) is 15.9. The first-order valence-electron chi connectivity index (χ1n) is 10.6. The fourth-order valence-corrected chi connectivity index (χ4v) is 4.41. The lowest BCUT2D eigenvalue weighted by Crippen LogP contribution is -2.18. The van der Waals surface area contributed by atoms with Crippen molar-refractivity contribution in [3.63, 3.8) is 0 Å². The van der Waals surface area contributed by atoms with Crippen molar-refractivity contribution in [1.29, 1.82) is 5.41 Å². The number of carbonyl (C=O) groups excluding carboxylic acids is 1. The average molecular weight is 503 g/mol. The Hall–Kier alpha value is -3.58. The predicted octanol–water partition coefficient (Wildman–Crippen LogP) is 6.22. The third kappa shape index (κ3) is 4.12. The van der Waals surface area contributed by atoms with E-state index in [9.17, 15) is 9.18 Å². The standard InChI is InChI=1S/C26H20BrFN4O/c27-17-9-11-20-18(13-17)23(26(33)32-21-10-8-16(25(29)30)12-19(21)28)22(14-6-7-14)24(31-20)15-4-2-1-3-5-15/h1-5,8-14H,6-7H2,(H3,29,30)(H,32,33). The van der Waals surface area contributed by atoms with Gasteiger partial charge in [0, 0.05) is 21.0 Å². The Morgan fingerprint density at radius 1 is 1.09 bits per heavy atom. The van der Waals surface area contributed by atoms with Crippen molar-refractivity contribution in [3.8, 4) is 11.3 Å². The second-order valence-electron chi connectivity index (χ2n) is 8.11. The largest absolute Gasteiger partial charge is 0.384 e. The number of nitrogens with one attached hydrogen (secondary N) is 2. The average Bonchev–Trinajstić information content (AvgIpc) is 3.65. The highest BCUT2D eigenvalue weighted by Gasteiger charge is 2.33. The smallest absolute Gasteiger partial charge is 0.256 e. The molecule has 0 atom stereocenters. The van der Waals surface area contributed by atoms with E-state index in [0.717, 1.165) is 40.2 Å². The molecule has 3 aromatic carbocycles. The molecule has 1 amide bonds. The van der Waals surface area contributed by atoms with E-state index in [0.29, 0.717) is 16.5 Å². The summed E-state index contributed by atoms with van der Waals surface area (Å²) in [5, 5.41) is 10.9. The van der Waals surface area contributed by atoms with Crippen LogP contribution in [-0.2, 0) is 0 Å². The number of anilines is 1. The molecule has 1 aromatic heterocycles. The molecule has 0 saturated heterocycles. The summed E-state index contributed by atoms with van der Waals surface area (Å²) < 4.78 is 15.5. The van der Waals surface area contributed by atoms with Gasteiger partial charge < -0.3 is 11.1 Å². The van der Waals surface area contributed by atoms with Crippen LogP contribution in [0.2, 0.25) is 0 Å². The van der Waals surface area contributed by atoms with Crippen molar-refractivity contribution >= 4 is 44.3 Å². The summed E-state index contributed by atoms with van der Waals surface area (Å²) in [6, 6.07) is 19.6. The number of nitrogens with two attached hydrogens (primary N) is 1. The number of nitrogen functional groups attached to an aromatic ring is 1. The summed E-state index contributed by atoms with van der Waals surface area (Å²) in [7, 11) is 0. The van der Waals surface area contributed by atoms with E-state index < -0.39 is 11.7 Å². The zero-order chi connectivity index (χ0) is 23.1. The minimum atomic E-state index is -0.646. The van der Waals surface area contributed by atoms with Crippen LogP contribution in [-0.4, -0.2) is 16.7 Å². The number of pyridine rings is 1. The van der Waals surface area contributed by atoms with Gasteiger partial charge in [-0.05, 0) is 60.7 Å². The first-order valence-corrected chi connectivity index (χ1v) is 11.4. The van der Waals surface area contributed by atoms with E-state index in [1.165, 1.54) is 12.1 Å². The lowest BCUT2D eigenvalue weighted by Gasteiger charge is -2.18. The number of carbonyl (C=O) groups is 1. The van der Waals surface area contributed by atoms with Gasteiger partial charge in [-0.3, -0.25) is 10.2 Å². The number of aromatic nitrogens is 1. The van der Waals surface area contributed by atoms with E-state index in [1.807, 2.05) is 48.5 Å². The molecule has 0 aliphatic heterocycles. The first kappa shape index (κ1) is 21.3. The number of amides is 1. The molecule has 0 unspecified atom stereocenters. The fourth-order valence-electron chi connectivity index (χ4n) is 4.05. The Morgan fingerprint density at radius 2 is 1.85 bits per heavy atom.